The lowest BCUT2D eigenvalue weighted by atomic mass is 9.88. The van der Waals surface area contributed by atoms with Gasteiger partial charge in [0.05, 0.1) is 6.61 Å². The molecule has 0 aromatic heterocycles. The lowest BCUT2D eigenvalue weighted by Crippen LogP contribution is -2.51. The van der Waals surface area contributed by atoms with Crippen LogP contribution in [-0.2, 0) is 4.79 Å². The molecule has 1 amide bonds. The fourth-order valence-electron chi connectivity index (χ4n) is 1.37. The number of amides is 1. The summed E-state index contributed by atoms with van der Waals surface area (Å²) in [5.41, 5.74) is -1.23. The first kappa shape index (κ1) is 12.4. The second kappa shape index (κ2) is 4.92. The van der Waals surface area contributed by atoms with Crippen LogP contribution in [0.25, 0.3) is 0 Å². The van der Waals surface area contributed by atoms with Crippen LogP contribution in [-0.4, -0.2) is 48.0 Å². The zero-order chi connectivity index (χ0) is 11.5. The van der Waals surface area contributed by atoms with E-state index >= 15 is 0 Å². The highest BCUT2D eigenvalue weighted by Crippen LogP contribution is 2.15. The van der Waals surface area contributed by atoms with Crippen LogP contribution in [0.1, 0.15) is 13.8 Å². The smallest absolute Gasteiger partial charge is 0.223 e. The highest BCUT2D eigenvalue weighted by atomic mass is 16.3. The maximum Gasteiger partial charge on any atom is 0.223 e. The Bertz CT molecular complexity index is 227. The van der Waals surface area contributed by atoms with Crippen LogP contribution >= 0.6 is 0 Å². The number of rotatable bonds is 5. The second-order valence-corrected chi connectivity index (χ2v) is 4.58. The lowest BCUT2D eigenvalue weighted by molar-refractivity contribution is -0.128. The van der Waals surface area contributed by atoms with Crippen molar-refractivity contribution in [3.63, 3.8) is 0 Å². The number of nitrogens with one attached hydrogen (secondary N) is 2. The molecule has 0 aromatic rings. The van der Waals surface area contributed by atoms with Crippen LogP contribution in [0.3, 0.4) is 0 Å². The van der Waals surface area contributed by atoms with Crippen molar-refractivity contribution < 1.29 is 15.0 Å². The molecule has 0 saturated carbocycles. The van der Waals surface area contributed by atoms with Crippen molar-refractivity contribution in [1.29, 1.82) is 0 Å². The summed E-state index contributed by atoms with van der Waals surface area (Å²) in [6, 6.07) is 0. The molecule has 2 unspecified atom stereocenters. The first-order valence-corrected chi connectivity index (χ1v) is 5.28. The molecule has 4 N–H and O–H groups in total. The van der Waals surface area contributed by atoms with E-state index in [4.69, 9.17) is 5.11 Å². The molecule has 5 nitrogen and oxygen atoms in total. The summed E-state index contributed by atoms with van der Waals surface area (Å²) in [5, 5.41) is 24.0. The molecular weight excluding hydrogens is 196 g/mol. The van der Waals surface area contributed by atoms with Gasteiger partial charge in [-0.2, -0.15) is 0 Å². The predicted molar refractivity (Wildman–Crippen MR) is 56.2 cm³/mol. The van der Waals surface area contributed by atoms with Gasteiger partial charge in [0.2, 0.25) is 5.91 Å². The van der Waals surface area contributed by atoms with Crippen LogP contribution in [0.2, 0.25) is 0 Å². The normalized spacial score (nSPS) is 22.7. The minimum absolute atomic E-state index is 0.0410. The summed E-state index contributed by atoms with van der Waals surface area (Å²) in [6.45, 7) is 4.87. The fourth-order valence-corrected chi connectivity index (χ4v) is 1.37. The summed E-state index contributed by atoms with van der Waals surface area (Å²) in [4.78, 5) is 11.6. The number of hydrogen-bond acceptors (Lipinski definition) is 4. The predicted octanol–water partition coefficient (Wildman–Crippen LogP) is -1.30. The van der Waals surface area contributed by atoms with Gasteiger partial charge in [-0.1, -0.05) is 6.92 Å². The maximum atomic E-state index is 11.6. The standard InChI is InChI=1S/C10H20N2O3/c1-7(8-3-11-4-8)9(14)12-5-10(2,15)6-13/h7-8,11,13,15H,3-6H2,1-2H3,(H,12,14). The van der Waals surface area contributed by atoms with E-state index < -0.39 is 5.60 Å². The molecule has 1 fully saturated rings. The molecule has 1 heterocycles. The molecule has 88 valence electrons. The molecule has 5 heteroatoms. The van der Waals surface area contributed by atoms with Crippen molar-refractivity contribution in [2.75, 3.05) is 26.2 Å². The molecule has 0 aromatic carbocycles. The molecule has 1 aliphatic heterocycles. The number of hydrogen-bond donors (Lipinski definition) is 4. The van der Waals surface area contributed by atoms with Crippen LogP contribution in [0.5, 0.6) is 0 Å². The number of aliphatic hydroxyl groups excluding tert-OH is 1. The van der Waals surface area contributed by atoms with Crippen molar-refractivity contribution in [2.45, 2.75) is 19.4 Å². The van der Waals surface area contributed by atoms with Crippen molar-refractivity contribution >= 4 is 5.91 Å². The minimum atomic E-state index is -1.23. The van der Waals surface area contributed by atoms with Crippen molar-refractivity contribution in [3.05, 3.63) is 0 Å². The average Bonchev–Trinajstić information content (AvgIpc) is 2.11. The lowest BCUT2D eigenvalue weighted by Gasteiger charge is -2.32. The van der Waals surface area contributed by atoms with Crippen LogP contribution in [0.4, 0.5) is 0 Å². The molecule has 1 saturated heterocycles. The highest BCUT2D eigenvalue weighted by Gasteiger charge is 2.29. The van der Waals surface area contributed by atoms with Crippen molar-refractivity contribution in [1.82, 2.24) is 10.6 Å². The second-order valence-electron chi connectivity index (χ2n) is 4.58. The summed E-state index contributed by atoms with van der Waals surface area (Å²) < 4.78 is 0. The van der Waals surface area contributed by atoms with E-state index in [1.807, 2.05) is 6.92 Å². The van der Waals surface area contributed by atoms with Gasteiger partial charge in [-0.05, 0) is 25.9 Å². The minimum Gasteiger partial charge on any atom is -0.393 e. The van der Waals surface area contributed by atoms with Gasteiger partial charge < -0.3 is 20.8 Å². The third-order valence-corrected chi connectivity index (χ3v) is 2.92. The summed E-state index contributed by atoms with van der Waals surface area (Å²) in [6.07, 6.45) is 0. The monoisotopic (exact) mass is 216 g/mol. The Balaban J connectivity index is 2.28. The topological polar surface area (TPSA) is 81.6 Å². The maximum absolute atomic E-state index is 11.6. The van der Waals surface area contributed by atoms with E-state index in [0.717, 1.165) is 13.1 Å². The molecule has 1 aliphatic rings. The fraction of sp³-hybridized carbons (Fsp3) is 0.900. The first-order valence-electron chi connectivity index (χ1n) is 5.28. The zero-order valence-electron chi connectivity index (χ0n) is 9.29. The van der Waals surface area contributed by atoms with Crippen LogP contribution < -0.4 is 10.6 Å². The Morgan fingerprint density at radius 1 is 1.67 bits per heavy atom. The Hall–Kier alpha value is -0.650. The Kier molecular flexibility index (Phi) is 4.07. The van der Waals surface area contributed by atoms with Crippen LogP contribution in [0, 0.1) is 11.8 Å². The van der Waals surface area contributed by atoms with Crippen molar-refractivity contribution in [2.24, 2.45) is 11.8 Å². The molecule has 0 aliphatic carbocycles. The molecule has 15 heavy (non-hydrogen) atoms. The molecule has 1 rings (SSSR count). The van der Waals surface area contributed by atoms with E-state index in [1.54, 1.807) is 0 Å². The summed E-state index contributed by atoms with van der Waals surface area (Å²) >= 11 is 0. The Labute approximate surface area is 89.9 Å². The van der Waals surface area contributed by atoms with E-state index in [1.165, 1.54) is 6.92 Å². The van der Waals surface area contributed by atoms with Crippen LogP contribution in [0.15, 0.2) is 0 Å². The van der Waals surface area contributed by atoms with Gasteiger partial charge in [-0.3, -0.25) is 4.79 Å². The van der Waals surface area contributed by atoms with Gasteiger partial charge in [-0.25, -0.2) is 0 Å². The van der Waals surface area contributed by atoms with Crippen molar-refractivity contribution in [3.8, 4) is 0 Å². The van der Waals surface area contributed by atoms with E-state index in [2.05, 4.69) is 10.6 Å². The van der Waals surface area contributed by atoms with E-state index in [-0.39, 0.29) is 25.0 Å². The first-order chi connectivity index (χ1) is 6.96. The SMILES string of the molecule is CC(C(=O)NCC(C)(O)CO)C1CNC1. The molecular formula is C10H20N2O3. The number of carbonyl (C=O) groups is 1. The van der Waals surface area contributed by atoms with Gasteiger partial charge in [0.1, 0.15) is 5.60 Å². The van der Waals surface area contributed by atoms with Gasteiger partial charge in [0.15, 0.2) is 0 Å². The third kappa shape index (κ3) is 3.44. The molecule has 0 radical (unpaired) electrons. The van der Waals surface area contributed by atoms with Gasteiger partial charge in [-0.15, -0.1) is 0 Å². The number of aliphatic hydroxyl groups is 2. The summed E-state index contributed by atoms with van der Waals surface area (Å²) in [7, 11) is 0. The van der Waals surface area contributed by atoms with Gasteiger partial charge in [0.25, 0.3) is 0 Å². The molecule has 0 bridgehead atoms. The van der Waals surface area contributed by atoms with E-state index in [9.17, 15) is 9.90 Å². The largest absolute Gasteiger partial charge is 0.393 e. The highest BCUT2D eigenvalue weighted by molar-refractivity contribution is 5.78. The molecule has 0 spiro atoms. The molecule has 2 atom stereocenters. The average molecular weight is 216 g/mol. The Morgan fingerprint density at radius 2 is 2.27 bits per heavy atom. The van der Waals surface area contributed by atoms with Gasteiger partial charge in [0, 0.05) is 12.5 Å². The van der Waals surface area contributed by atoms with E-state index in [0.29, 0.717) is 5.92 Å². The van der Waals surface area contributed by atoms with Gasteiger partial charge >= 0.3 is 0 Å². The third-order valence-electron chi connectivity index (χ3n) is 2.92. The quantitative estimate of drug-likeness (QED) is 0.460. The number of carbonyl (C=O) groups excluding carboxylic acids is 1. The zero-order valence-corrected chi connectivity index (χ0v) is 9.29. The summed E-state index contributed by atoms with van der Waals surface area (Å²) in [5.74, 6) is 0.292. The Morgan fingerprint density at radius 3 is 2.67 bits per heavy atom.